The van der Waals surface area contributed by atoms with E-state index in [9.17, 15) is 8.78 Å². The Hall–Kier alpha value is -0.440. The number of alkyl halides is 1. The molecule has 15 heavy (non-hydrogen) atoms. The highest BCUT2D eigenvalue weighted by Gasteiger charge is 2.23. The van der Waals surface area contributed by atoms with E-state index in [1.807, 2.05) is 0 Å². The third-order valence-corrected chi connectivity index (χ3v) is 4.18. The zero-order chi connectivity index (χ0) is 11.5. The van der Waals surface area contributed by atoms with Crippen molar-refractivity contribution in [3.8, 4) is 0 Å². The summed E-state index contributed by atoms with van der Waals surface area (Å²) in [4.78, 5) is 0. The van der Waals surface area contributed by atoms with Crippen LogP contribution in [0.3, 0.4) is 0 Å². The Kier molecular flexibility index (Phi) is 4.26. The first-order chi connectivity index (χ1) is 7.02. The first-order valence-corrected chi connectivity index (χ1v) is 6.13. The van der Waals surface area contributed by atoms with Gasteiger partial charge in [-0.15, -0.1) is 0 Å². The molecule has 0 N–H and O–H groups in total. The molecule has 1 rings (SSSR count). The molecule has 0 saturated heterocycles. The molecule has 3 heteroatoms. The first kappa shape index (κ1) is 12.6. The van der Waals surface area contributed by atoms with E-state index in [-0.39, 0.29) is 5.41 Å². The van der Waals surface area contributed by atoms with E-state index >= 15 is 0 Å². The van der Waals surface area contributed by atoms with Crippen LogP contribution in [0.2, 0.25) is 0 Å². The minimum absolute atomic E-state index is 0.0192. The molecule has 0 aliphatic rings. The number of rotatable bonds is 4. The average Bonchev–Trinajstić information content (AvgIpc) is 2.25. The molecule has 0 nitrogen and oxygen atoms in total. The molecule has 1 aromatic rings. The van der Waals surface area contributed by atoms with Crippen LogP contribution in [0.4, 0.5) is 8.78 Å². The summed E-state index contributed by atoms with van der Waals surface area (Å²) < 4.78 is 26.4. The van der Waals surface area contributed by atoms with Gasteiger partial charge in [0.1, 0.15) is 0 Å². The Labute approximate surface area is 97.8 Å². The molecule has 0 saturated carbocycles. The molecule has 0 amide bonds. The fraction of sp³-hybridized carbons (Fsp3) is 0.500. The molecule has 1 atom stereocenters. The zero-order valence-electron chi connectivity index (χ0n) is 8.99. The maximum Gasteiger partial charge on any atom is 0.162 e. The molecule has 0 bridgehead atoms. The molecule has 84 valence electrons. The standard InChI is InChI=1S/C12H15BrF2/c1-3-12(2,8-13)7-9-5-4-6-10(14)11(9)15/h4-6H,3,7-8H2,1-2H3. The maximum atomic E-state index is 13.4. The van der Waals surface area contributed by atoms with Crippen molar-refractivity contribution >= 4 is 15.9 Å². The topological polar surface area (TPSA) is 0 Å². The van der Waals surface area contributed by atoms with E-state index in [1.165, 1.54) is 0 Å². The highest BCUT2D eigenvalue weighted by molar-refractivity contribution is 9.09. The van der Waals surface area contributed by atoms with E-state index < -0.39 is 11.6 Å². The van der Waals surface area contributed by atoms with Crippen LogP contribution >= 0.6 is 15.9 Å². The first-order valence-electron chi connectivity index (χ1n) is 5.01. The van der Waals surface area contributed by atoms with Crippen molar-refractivity contribution in [3.63, 3.8) is 0 Å². The predicted octanol–water partition coefficient (Wildman–Crippen LogP) is 4.32. The number of hydrogen-bond acceptors (Lipinski definition) is 0. The summed E-state index contributed by atoms with van der Waals surface area (Å²) in [7, 11) is 0. The van der Waals surface area contributed by atoms with Gasteiger partial charge in [-0.2, -0.15) is 0 Å². The summed E-state index contributed by atoms with van der Waals surface area (Å²) in [5.41, 5.74) is 0.438. The van der Waals surface area contributed by atoms with Gasteiger partial charge >= 0.3 is 0 Å². The van der Waals surface area contributed by atoms with Gasteiger partial charge in [-0.3, -0.25) is 0 Å². The van der Waals surface area contributed by atoms with E-state index in [0.29, 0.717) is 12.0 Å². The molecule has 0 spiro atoms. The highest BCUT2D eigenvalue weighted by atomic mass is 79.9. The second kappa shape index (κ2) is 5.06. The molecule has 0 aromatic heterocycles. The molecular weight excluding hydrogens is 262 g/mol. The van der Waals surface area contributed by atoms with Gasteiger partial charge in [0.15, 0.2) is 11.6 Å². The number of benzene rings is 1. The van der Waals surface area contributed by atoms with Crippen molar-refractivity contribution in [2.45, 2.75) is 26.7 Å². The van der Waals surface area contributed by atoms with Crippen molar-refractivity contribution < 1.29 is 8.78 Å². The van der Waals surface area contributed by atoms with Gasteiger partial charge in [-0.25, -0.2) is 8.78 Å². The molecule has 0 aliphatic carbocycles. The second-order valence-electron chi connectivity index (χ2n) is 4.19. The molecule has 1 aromatic carbocycles. The van der Waals surface area contributed by atoms with Crippen molar-refractivity contribution in [1.82, 2.24) is 0 Å². The van der Waals surface area contributed by atoms with E-state index in [0.717, 1.165) is 17.8 Å². The van der Waals surface area contributed by atoms with Crippen LogP contribution in [0.25, 0.3) is 0 Å². The molecular formula is C12H15BrF2. The van der Waals surface area contributed by atoms with E-state index in [4.69, 9.17) is 0 Å². The van der Waals surface area contributed by atoms with Gasteiger partial charge in [-0.05, 0) is 29.9 Å². The SMILES string of the molecule is CCC(C)(CBr)Cc1cccc(F)c1F. The Morgan fingerprint density at radius 2 is 2.00 bits per heavy atom. The lowest BCUT2D eigenvalue weighted by Crippen LogP contribution is -2.21. The summed E-state index contributed by atoms with van der Waals surface area (Å²) >= 11 is 3.42. The van der Waals surface area contributed by atoms with Gasteiger partial charge < -0.3 is 0 Å². The van der Waals surface area contributed by atoms with Crippen LogP contribution in [0.5, 0.6) is 0 Å². The number of hydrogen-bond donors (Lipinski definition) is 0. The van der Waals surface area contributed by atoms with Gasteiger partial charge in [0.25, 0.3) is 0 Å². The van der Waals surface area contributed by atoms with Crippen LogP contribution < -0.4 is 0 Å². The van der Waals surface area contributed by atoms with Gasteiger partial charge in [0, 0.05) is 5.33 Å². The smallest absolute Gasteiger partial charge is 0.162 e. The van der Waals surface area contributed by atoms with Crippen molar-refractivity contribution in [1.29, 1.82) is 0 Å². The largest absolute Gasteiger partial charge is 0.204 e. The van der Waals surface area contributed by atoms with Crippen molar-refractivity contribution in [3.05, 3.63) is 35.4 Å². The summed E-state index contributed by atoms with van der Waals surface area (Å²) in [6, 6.07) is 4.35. The minimum Gasteiger partial charge on any atom is -0.204 e. The summed E-state index contributed by atoms with van der Waals surface area (Å²) in [6.07, 6.45) is 1.48. The lowest BCUT2D eigenvalue weighted by atomic mass is 9.83. The monoisotopic (exact) mass is 276 g/mol. The molecule has 0 radical (unpaired) electrons. The second-order valence-corrected chi connectivity index (χ2v) is 4.75. The summed E-state index contributed by atoms with van der Waals surface area (Å²) in [5, 5.41) is 0.784. The van der Waals surface area contributed by atoms with Crippen LogP contribution in [0.1, 0.15) is 25.8 Å². The van der Waals surface area contributed by atoms with Crippen LogP contribution in [0.15, 0.2) is 18.2 Å². The van der Waals surface area contributed by atoms with Crippen molar-refractivity contribution in [2.75, 3.05) is 5.33 Å². The third-order valence-electron chi connectivity index (χ3n) is 2.82. The average molecular weight is 277 g/mol. The lowest BCUT2D eigenvalue weighted by Gasteiger charge is -2.25. The Morgan fingerprint density at radius 3 is 2.53 bits per heavy atom. The summed E-state index contributed by atoms with van der Waals surface area (Å²) in [5.74, 6) is -1.47. The third kappa shape index (κ3) is 3.00. The van der Waals surface area contributed by atoms with Gasteiger partial charge in [0.05, 0.1) is 0 Å². The Bertz CT molecular complexity index is 332. The maximum absolute atomic E-state index is 13.4. The van der Waals surface area contributed by atoms with Crippen LogP contribution in [-0.2, 0) is 6.42 Å². The Balaban J connectivity index is 2.94. The molecule has 0 heterocycles. The normalized spacial score (nSPS) is 15.0. The van der Waals surface area contributed by atoms with Crippen LogP contribution in [0, 0.1) is 17.0 Å². The fourth-order valence-electron chi connectivity index (χ4n) is 1.41. The predicted molar refractivity (Wildman–Crippen MR) is 62.3 cm³/mol. The number of halogens is 3. The van der Waals surface area contributed by atoms with Gasteiger partial charge in [-0.1, -0.05) is 41.9 Å². The Morgan fingerprint density at radius 1 is 1.33 bits per heavy atom. The highest BCUT2D eigenvalue weighted by Crippen LogP contribution is 2.30. The van der Waals surface area contributed by atoms with Crippen LogP contribution in [-0.4, -0.2) is 5.33 Å². The minimum atomic E-state index is -0.763. The molecule has 0 aliphatic heterocycles. The lowest BCUT2D eigenvalue weighted by molar-refractivity contribution is 0.352. The van der Waals surface area contributed by atoms with E-state index in [2.05, 4.69) is 29.8 Å². The van der Waals surface area contributed by atoms with Gasteiger partial charge in [0.2, 0.25) is 0 Å². The molecule has 1 unspecified atom stereocenters. The molecule has 0 fully saturated rings. The quantitative estimate of drug-likeness (QED) is 0.719. The zero-order valence-corrected chi connectivity index (χ0v) is 10.6. The summed E-state index contributed by atoms with van der Waals surface area (Å²) in [6.45, 7) is 4.12. The van der Waals surface area contributed by atoms with Crippen molar-refractivity contribution in [2.24, 2.45) is 5.41 Å². The van der Waals surface area contributed by atoms with E-state index in [1.54, 1.807) is 12.1 Å². The fourth-order valence-corrected chi connectivity index (χ4v) is 2.01.